The molecule has 14 heavy (non-hydrogen) atoms. The van der Waals surface area contributed by atoms with Crippen LogP contribution in [-0.4, -0.2) is 36.6 Å². The van der Waals surface area contributed by atoms with Crippen LogP contribution in [0.2, 0.25) is 0 Å². The highest BCUT2D eigenvalue weighted by molar-refractivity contribution is 4.93. The minimum Gasteiger partial charge on any atom is -0.311 e. The predicted molar refractivity (Wildman–Crippen MR) is 60.4 cm³/mol. The van der Waals surface area contributed by atoms with Crippen molar-refractivity contribution in [3.8, 4) is 0 Å². The minimum absolute atomic E-state index is 0.699. The highest BCUT2D eigenvalue weighted by Crippen LogP contribution is 2.34. The Morgan fingerprint density at radius 3 is 2.93 bits per heavy atom. The zero-order chi connectivity index (χ0) is 9.97. The van der Waals surface area contributed by atoms with Crippen LogP contribution in [-0.2, 0) is 0 Å². The van der Waals surface area contributed by atoms with E-state index in [9.17, 15) is 0 Å². The monoisotopic (exact) mass is 194 g/mol. The number of nitrogens with zero attached hydrogens (tertiary/aromatic N) is 1. The van der Waals surface area contributed by atoms with Gasteiger partial charge in [-0.2, -0.15) is 0 Å². The van der Waals surface area contributed by atoms with Gasteiger partial charge in [0, 0.05) is 31.7 Å². The van der Waals surface area contributed by atoms with Gasteiger partial charge in [0.05, 0.1) is 0 Å². The first-order chi connectivity index (χ1) is 6.81. The van der Waals surface area contributed by atoms with Gasteiger partial charge in [-0.3, -0.25) is 4.90 Å². The molecular weight excluding hydrogens is 172 g/mol. The van der Waals surface area contributed by atoms with Crippen LogP contribution < -0.4 is 5.32 Å². The number of piperazine rings is 1. The summed E-state index contributed by atoms with van der Waals surface area (Å²) in [5, 5.41) is 3.67. The van der Waals surface area contributed by atoms with Gasteiger partial charge in [0.1, 0.15) is 0 Å². The molecule has 0 aromatic heterocycles. The molecule has 2 heteroatoms. The Morgan fingerprint density at radius 1 is 1.50 bits per heavy atom. The Labute approximate surface area is 87.4 Å². The fourth-order valence-electron chi connectivity index (χ4n) is 2.33. The third-order valence-corrected chi connectivity index (χ3v) is 3.54. The van der Waals surface area contributed by atoms with Crippen LogP contribution in [0.25, 0.3) is 0 Å². The largest absolute Gasteiger partial charge is 0.311 e. The lowest BCUT2D eigenvalue weighted by atomic mass is 10.1. The maximum absolute atomic E-state index is 3.79. The lowest BCUT2D eigenvalue weighted by Crippen LogP contribution is -2.56. The van der Waals surface area contributed by atoms with Crippen molar-refractivity contribution >= 4 is 0 Å². The molecule has 1 saturated heterocycles. The smallest absolute Gasteiger partial charge is 0.0224 e. The van der Waals surface area contributed by atoms with Gasteiger partial charge in [-0.15, -0.1) is 6.58 Å². The third kappa shape index (κ3) is 2.37. The molecule has 2 rings (SSSR count). The van der Waals surface area contributed by atoms with Gasteiger partial charge in [0.15, 0.2) is 0 Å². The molecule has 2 fully saturated rings. The van der Waals surface area contributed by atoms with Crippen molar-refractivity contribution < 1.29 is 0 Å². The lowest BCUT2D eigenvalue weighted by Gasteiger charge is -2.38. The zero-order valence-corrected chi connectivity index (χ0v) is 9.21. The second kappa shape index (κ2) is 4.45. The lowest BCUT2D eigenvalue weighted by molar-refractivity contribution is 0.135. The average Bonchev–Trinajstić information content (AvgIpc) is 3.00. The molecule has 1 N–H and O–H groups in total. The quantitative estimate of drug-likeness (QED) is 0.684. The van der Waals surface area contributed by atoms with E-state index in [0.29, 0.717) is 6.04 Å². The molecule has 2 unspecified atom stereocenters. The highest BCUT2D eigenvalue weighted by Gasteiger charge is 2.35. The zero-order valence-electron chi connectivity index (χ0n) is 9.21. The van der Waals surface area contributed by atoms with E-state index in [2.05, 4.69) is 23.7 Å². The molecule has 0 aromatic rings. The first-order valence-electron chi connectivity index (χ1n) is 5.89. The summed E-state index contributed by atoms with van der Waals surface area (Å²) in [7, 11) is 0. The second-order valence-corrected chi connectivity index (χ2v) is 4.77. The maximum Gasteiger partial charge on any atom is 0.0224 e. The molecule has 0 radical (unpaired) electrons. The van der Waals surface area contributed by atoms with E-state index in [1.807, 2.05) is 6.08 Å². The van der Waals surface area contributed by atoms with Crippen LogP contribution >= 0.6 is 0 Å². The molecule has 1 aliphatic heterocycles. The maximum atomic E-state index is 3.79. The van der Waals surface area contributed by atoms with Gasteiger partial charge in [-0.1, -0.05) is 6.08 Å². The van der Waals surface area contributed by atoms with E-state index >= 15 is 0 Å². The van der Waals surface area contributed by atoms with Gasteiger partial charge in [-0.05, 0) is 32.1 Å². The van der Waals surface area contributed by atoms with E-state index in [-0.39, 0.29) is 0 Å². The predicted octanol–water partition coefficient (Wildman–Crippen LogP) is 1.63. The van der Waals surface area contributed by atoms with Crippen LogP contribution in [0.4, 0.5) is 0 Å². The summed E-state index contributed by atoms with van der Waals surface area (Å²) in [6.45, 7) is 9.72. The van der Waals surface area contributed by atoms with E-state index in [1.54, 1.807) is 0 Å². The van der Waals surface area contributed by atoms with Crippen LogP contribution in [0.5, 0.6) is 0 Å². The minimum atomic E-state index is 0.699. The standard InChI is InChI=1S/C12H22N2/c1-3-4-7-14-9-12(11-5-6-11)13-8-10(14)2/h3,10-13H,1,4-9H2,2H3. The summed E-state index contributed by atoms with van der Waals surface area (Å²) < 4.78 is 0. The van der Waals surface area contributed by atoms with Crippen molar-refractivity contribution in [1.29, 1.82) is 0 Å². The molecule has 2 nitrogen and oxygen atoms in total. The van der Waals surface area contributed by atoms with Crippen molar-refractivity contribution in [2.75, 3.05) is 19.6 Å². The molecule has 0 amide bonds. The normalized spacial score (nSPS) is 34.4. The van der Waals surface area contributed by atoms with Crippen LogP contribution in [0.15, 0.2) is 12.7 Å². The summed E-state index contributed by atoms with van der Waals surface area (Å²) in [5.74, 6) is 0.980. The Kier molecular flexibility index (Phi) is 3.24. The van der Waals surface area contributed by atoms with Crippen LogP contribution in [0, 0.1) is 5.92 Å². The van der Waals surface area contributed by atoms with Crippen molar-refractivity contribution in [1.82, 2.24) is 10.2 Å². The van der Waals surface area contributed by atoms with Crippen molar-refractivity contribution in [2.45, 2.75) is 38.3 Å². The fraction of sp³-hybridized carbons (Fsp3) is 0.833. The molecule has 0 aromatic carbocycles. The molecule has 1 heterocycles. The van der Waals surface area contributed by atoms with E-state index in [4.69, 9.17) is 0 Å². The topological polar surface area (TPSA) is 15.3 Å². The van der Waals surface area contributed by atoms with Crippen LogP contribution in [0.1, 0.15) is 26.2 Å². The van der Waals surface area contributed by atoms with E-state index < -0.39 is 0 Å². The van der Waals surface area contributed by atoms with Crippen molar-refractivity contribution in [3.05, 3.63) is 12.7 Å². The Hall–Kier alpha value is -0.340. The summed E-state index contributed by atoms with van der Waals surface area (Å²) in [6.07, 6.45) is 6.05. The Morgan fingerprint density at radius 2 is 2.29 bits per heavy atom. The third-order valence-electron chi connectivity index (χ3n) is 3.54. The summed E-state index contributed by atoms with van der Waals surface area (Å²) in [5.41, 5.74) is 0. The number of hydrogen-bond acceptors (Lipinski definition) is 2. The Balaban J connectivity index is 1.82. The first kappa shape index (κ1) is 10.2. The van der Waals surface area contributed by atoms with Gasteiger partial charge >= 0.3 is 0 Å². The van der Waals surface area contributed by atoms with Gasteiger partial charge < -0.3 is 5.32 Å². The number of nitrogens with one attached hydrogen (secondary N) is 1. The van der Waals surface area contributed by atoms with Crippen LogP contribution in [0.3, 0.4) is 0 Å². The number of rotatable bonds is 4. The molecule has 0 spiro atoms. The van der Waals surface area contributed by atoms with Gasteiger partial charge in [-0.25, -0.2) is 0 Å². The highest BCUT2D eigenvalue weighted by atomic mass is 15.2. The summed E-state index contributed by atoms with van der Waals surface area (Å²) in [6, 6.07) is 1.47. The van der Waals surface area contributed by atoms with E-state index in [1.165, 1.54) is 25.9 Å². The number of hydrogen-bond donors (Lipinski definition) is 1. The first-order valence-corrected chi connectivity index (χ1v) is 5.89. The summed E-state index contributed by atoms with van der Waals surface area (Å²) in [4.78, 5) is 2.61. The second-order valence-electron chi connectivity index (χ2n) is 4.77. The molecule has 1 saturated carbocycles. The molecule has 1 aliphatic carbocycles. The van der Waals surface area contributed by atoms with Crippen molar-refractivity contribution in [2.24, 2.45) is 5.92 Å². The Bertz CT molecular complexity index is 198. The van der Waals surface area contributed by atoms with Crippen molar-refractivity contribution in [3.63, 3.8) is 0 Å². The van der Waals surface area contributed by atoms with Gasteiger partial charge in [0.25, 0.3) is 0 Å². The molecular formula is C12H22N2. The molecule has 2 atom stereocenters. The average molecular weight is 194 g/mol. The SMILES string of the molecule is C=CCCN1CC(C2CC2)NCC1C. The van der Waals surface area contributed by atoms with E-state index in [0.717, 1.165) is 24.9 Å². The molecule has 2 aliphatic rings. The molecule has 0 bridgehead atoms. The van der Waals surface area contributed by atoms with Gasteiger partial charge in [0.2, 0.25) is 0 Å². The summed E-state index contributed by atoms with van der Waals surface area (Å²) >= 11 is 0. The molecule has 80 valence electrons. The fourth-order valence-corrected chi connectivity index (χ4v) is 2.33.